The van der Waals surface area contributed by atoms with E-state index in [1.165, 1.54) is 16.5 Å². The monoisotopic (exact) mass is 252 g/mol. The highest BCUT2D eigenvalue weighted by atomic mass is 16.6. The van der Waals surface area contributed by atoms with Crippen LogP contribution < -0.4 is 10.5 Å². The minimum Gasteiger partial charge on any atom is -0.443 e. The maximum Gasteiger partial charge on any atom is 0.414 e. The summed E-state index contributed by atoms with van der Waals surface area (Å²) >= 11 is 0. The van der Waals surface area contributed by atoms with Gasteiger partial charge in [0.15, 0.2) is 0 Å². The van der Waals surface area contributed by atoms with Crippen molar-refractivity contribution in [1.82, 2.24) is 4.57 Å². The van der Waals surface area contributed by atoms with Crippen molar-refractivity contribution in [2.24, 2.45) is 7.05 Å². The van der Waals surface area contributed by atoms with Crippen molar-refractivity contribution in [3.63, 3.8) is 0 Å². The minimum absolute atomic E-state index is 0.228. The van der Waals surface area contributed by atoms with Crippen LogP contribution in [0.3, 0.4) is 0 Å². The molecule has 5 heteroatoms. The number of ether oxygens (including phenoxy) is 1. The van der Waals surface area contributed by atoms with Crippen molar-refractivity contribution in [1.29, 1.82) is 0 Å². The van der Waals surface area contributed by atoms with E-state index in [4.69, 9.17) is 4.74 Å². The molecular weight excluding hydrogens is 232 g/mol. The Balaban J connectivity index is 3.08. The molecule has 0 aliphatic rings. The van der Waals surface area contributed by atoms with Gasteiger partial charge in [-0.05, 0) is 39.3 Å². The Labute approximate surface area is 107 Å². The van der Waals surface area contributed by atoms with E-state index >= 15 is 0 Å². The van der Waals surface area contributed by atoms with Crippen molar-refractivity contribution in [3.8, 4) is 0 Å². The second-order valence-corrected chi connectivity index (χ2v) is 5.36. The highest BCUT2D eigenvalue weighted by molar-refractivity contribution is 5.87. The maximum atomic E-state index is 11.9. The number of carbonyl (C=O) groups excluding carboxylic acids is 1. The highest BCUT2D eigenvalue weighted by Crippen LogP contribution is 2.14. The first-order chi connectivity index (χ1) is 8.11. The molecule has 0 aliphatic carbocycles. The lowest BCUT2D eigenvalue weighted by Crippen LogP contribution is -2.37. The van der Waals surface area contributed by atoms with Gasteiger partial charge < -0.3 is 9.30 Å². The number of nitrogens with zero attached hydrogens (tertiary/aromatic N) is 2. The highest BCUT2D eigenvalue weighted by Gasteiger charge is 2.22. The van der Waals surface area contributed by atoms with Gasteiger partial charge in [-0.15, -0.1) is 0 Å². The van der Waals surface area contributed by atoms with Crippen LogP contribution in [-0.4, -0.2) is 23.3 Å². The van der Waals surface area contributed by atoms with Crippen LogP contribution in [0.1, 0.15) is 26.3 Å². The molecule has 0 saturated carbocycles. The van der Waals surface area contributed by atoms with E-state index in [1.54, 1.807) is 40.1 Å². The van der Waals surface area contributed by atoms with E-state index in [1.807, 2.05) is 6.92 Å². The molecular formula is C13H20N2O3. The fourth-order valence-electron chi connectivity index (χ4n) is 1.53. The number of hydrogen-bond acceptors (Lipinski definition) is 3. The summed E-state index contributed by atoms with van der Waals surface area (Å²) in [6, 6.07) is 1.67. The van der Waals surface area contributed by atoms with Gasteiger partial charge in [0.1, 0.15) is 11.3 Å². The quantitative estimate of drug-likeness (QED) is 0.768. The second-order valence-electron chi connectivity index (χ2n) is 5.36. The van der Waals surface area contributed by atoms with Crippen molar-refractivity contribution >= 4 is 11.8 Å². The van der Waals surface area contributed by atoms with Crippen LogP contribution in [0.5, 0.6) is 0 Å². The standard InChI is InChI=1S/C13H20N2O3/c1-9-7-10(11(16)14(5)8-9)15(6)12(17)18-13(2,3)4/h7-8H,1-6H3. The summed E-state index contributed by atoms with van der Waals surface area (Å²) < 4.78 is 6.68. The molecule has 0 N–H and O–H groups in total. The molecule has 1 aromatic rings. The lowest BCUT2D eigenvalue weighted by Gasteiger charge is -2.24. The SMILES string of the molecule is Cc1cc(N(C)C(=O)OC(C)(C)C)c(=O)n(C)c1. The van der Waals surface area contributed by atoms with Gasteiger partial charge in [0.2, 0.25) is 0 Å². The Hall–Kier alpha value is -1.78. The van der Waals surface area contributed by atoms with Crippen LogP contribution >= 0.6 is 0 Å². The average molecular weight is 252 g/mol. The molecule has 0 bridgehead atoms. The Morgan fingerprint density at radius 1 is 1.39 bits per heavy atom. The fraction of sp³-hybridized carbons (Fsp3) is 0.538. The Morgan fingerprint density at radius 3 is 2.44 bits per heavy atom. The molecule has 0 saturated heterocycles. The molecule has 1 rings (SSSR count). The smallest absolute Gasteiger partial charge is 0.414 e. The minimum atomic E-state index is -0.583. The van der Waals surface area contributed by atoms with Crippen molar-refractivity contribution in [2.75, 3.05) is 11.9 Å². The van der Waals surface area contributed by atoms with Crippen molar-refractivity contribution < 1.29 is 9.53 Å². The third kappa shape index (κ3) is 3.35. The average Bonchev–Trinajstić information content (AvgIpc) is 2.19. The van der Waals surface area contributed by atoms with Crippen LogP contribution in [0.15, 0.2) is 17.1 Å². The number of carbonyl (C=O) groups is 1. The molecule has 0 unspecified atom stereocenters. The topological polar surface area (TPSA) is 51.5 Å². The van der Waals surface area contributed by atoms with Crippen molar-refractivity contribution in [3.05, 3.63) is 28.2 Å². The number of aromatic nitrogens is 1. The summed E-state index contributed by atoms with van der Waals surface area (Å²) in [7, 11) is 3.19. The van der Waals surface area contributed by atoms with E-state index in [-0.39, 0.29) is 5.56 Å². The number of pyridine rings is 1. The zero-order chi connectivity index (χ0) is 14.1. The molecule has 0 radical (unpaired) electrons. The van der Waals surface area contributed by atoms with E-state index in [0.29, 0.717) is 5.69 Å². The molecule has 1 amide bonds. The first-order valence-electron chi connectivity index (χ1n) is 5.76. The number of amides is 1. The largest absolute Gasteiger partial charge is 0.443 e. The number of rotatable bonds is 1. The van der Waals surface area contributed by atoms with Gasteiger partial charge in [-0.2, -0.15) is 0 Å². The van der Waals surface area contributed by atoms with Gasteiger partial charge in [-0.3, -0.25) is 9.69 Å². The van der Waals surface area contributed by atoms with E-state index in [2.05, 4.69) is 0 Å². The predicted octanol–water partition coefficient (Wildman–Crippen LogP) is 2.07. The zero-order valence-electron chi connectivity index (χ0n) is 11.8. The fourth-order valence-corrected chi connectivity index (χ4v) is 1.53. The Kier molecular flexibility index (Phi) is 3.84. The molecule has 0 aliphatic heterocycles. The summed E-state index contributed by atoms with van der Waals surface area (Å²) in [5, 5.41) is 0. The molecule has 18 heavy (non-hydrogen) atoms. The number of anilines is 1. The van der Waals surface area contributed by atoms with Gasteiger partial charge in [0, 0.05) is 20.3 Å². The first-order valence-corrected chi connectivity index (χ1v) is 5.76. The van der Waals surface area contributed by atoms with Gasteiger partial charge >= 0.3 is 6.09 Å². The Bertz CT molecular complexity index is 512. The molecule has 1 heterocycles. The number of hydrogen-bond donors (Lipinski definition) is 0. The van der Waals surface area contributed by atoms with Crippen LogP contribution in [-0.2, 0) is 11.8 Å². The van der Waals surface area contributed by atoms with Gasteiger partial charge in [0.05, 0.1) is 0 Å². The third-order valence-electron chi connectivity index (χ3n) is 2.33. The lowest BCUT2D eigenvalue weighted by molar-refractivity contribution is 0.0589. The summed E-state index contributed by atoms with van der Waals surface area (Å²) in [5.41, 5.74) is 0.406. The number of aryl methyl sites for hydroxylation is 2. The molecule has 5 nitrogen and oxygen atoms in total. The van der Waals surface area contributed by atoms with Crippen LogP contribution in [0.2, 0.25) is 0 Å². The molecule has 1 aromatic heterocycles. The van der Waals surface area contributed by atoms with Crippen LogP contribution in [0.25, 0.3) is 0 Å². The summed E-state index contributed by atoms with van der Waals surface area (Å²) in [6.07, 6.45) is 1.18. The van der Waals surface area contributed by atoms with E-state index in [9.17, 15) is 9.59 Å². The van der Waals surface area contributed by atoms with Crippen LogP contribution in [0, 0.1) is 6.92 Å². The summed E-state index contributed by atoms with van der Waals surface area (Å²) in [5.74, 6) is 0. The Morgan fingerprint density at radius 2 is 1.94 bits per heavy atom. The lowest BCUT2D eigenvalue weighted by atomic mass is 10.2. The molecule has 100 valence electrons. The van der Waals surface area contributed by atoms with Gasteiger partial charge in [0.25, 0.3) is 5.56 Å². The molecule has 0 aromatic carbocycles. The normalized spacial score (nSPS) is 11.2. The van der Waals surface area contributed by atoms with E-state index in [0.717, 1.165) is 5.56 Å². The van der Waals surface area contributed by atoms with Crippen molar-refractivity contribution in [2.45, 2.75) is 33.3 Å². The molecule has 0 fully saturated rings. The third-order valence-corrected chi connectivity index (χ3v) is 2.33. The summed E-state index contributed by atoms with van der Waals surface area (Å²) in [4.78, 5) is 25.1. The summed E-state index contributed by atoms with van der Waals surface area (Å²) in [6.45, 7) is 7.22. The first kappa shape index (κ1) is 14.3. The maximum absolute atomic E-state index is 11.9. The molecule has 0 spiro atoms. The predicted molar refractivity (Wildman–Crippen MR) is 71.1 cm³/mol. The van der Waals surface area contributed by atoms with E-state index < -0.39 is 11.7 Å². The van der Waals surface area contributed by atoms with Crippen LogP contribution in [0.4, 0.5) is 10.5 Å². The second kappa shape index (κ2) is 4.84. The van der Waals surface area contributed by atoms with Gasteiger partial charge in [-0.1, -0.05) is 0 Å². The molecule has 0 atom stereocenters. The zero-order valence-corrected chi connectivity index (χ0v) is 11.8. The van der Waals surface area contributed by atoms with Gasteiger partial charge in [-0.25, -0.2) is 4.79 Å².